The highest BCUT2D eigenvalue weighted by Gasteiger charge is 2.46. The molecule has 14 heteroatoms. The van der Waals surface area contributed by atoms with E-state index in [1.54, 1.807) is 12.1 Å². The number of nitrogen functional groups attached to an aromatic ring is 1. The Hall–Kier alpha value is -2.64. The van der Waals surface area contributed by atoms with Gasteiger partial charge in [0, 0.05) is 5.56 Å². The van der Waals surface area contributed by atoms with Crippen molar-refractivity contribution >= 4 is 24.9 Å². The summed E-state index contributed by atoms with van der Waals surface area (Å²) >= 11 is 0. The molecule has 0 radical (unpaired) electrons. The average molecular weight is 453 g/mol. The first-order valence-electron chi connectivity index (χ1n) is 9.11. The molecular formula is C17H20N5O8P. The van der Waals surface area contributed by atoms with Gasteiger partial charge in [-0.2, -0.15) is 4.98 Å². The van der Waals surface area contributed by atoms with E-state index >= 15 is 0 Å². The molecule has 1 saturated heterocycles. The van der Waals surface area contributed by atoms with E-state index in [2.05, 4.69) is 19.5 Å². The molecule has 4 atom stereocenters. The van der Waals surface area contributed by atoms with Crippen LogP contribution >= 0.6 is 7.82 Å². The third kappa shape index (κ3) is 4.12. The summed E-state index contributed by atoms with van der Waals surface area (Å²) in [7, 11) is -4.82. The zero-order valence-electron chi connectivity index (χ0n) is 16.1. The van der Waals surface area contributed by atoms with Crippen molar-refractivity contribution in [2.24, 2.45) is 0 Å². The number of H-pyrrole nitrogens is 1. The number of nitrogens with two attached hydrogens (primary N) is 1. The fourth-order valence-electron chi connectivity index (χ4n) is 3.40. The number of nitrogens with one attached hydrogen (secondary N) is 1. The molecule has 7 N–H and O–H groups in total. The summed E-state index contributed by atoms with van der Waals surface area (Å²) in [6, 6.07) is 7.14. The van der Waals surface area contributed by atoms with Crippen LogP contribution in [0.5, 0.6) is 0 Å². The Kier molecular flexibility index (Phi) is 5.43. The number of aliphatic hydroxyl groups excluding tert-OH is 2. The van der Waals surface area contributed by atoms with E-state index in [1.807, 2.05) is 19.1 Å². The maximum atomic E-state index is 12.4. The molecular weight excluding hydrogens is 433 g/mol. The predicted molar refractivity (Wildman–Crippen MR) is 107 cm³/mol. The Morgan fingerprint density at radius 3 is 2.55 bits per heavy atom. The highest BCUT2D eigenvalue weighted by molar-refractivity contribution is 7.46. The smallest absolute Gasteiger partial charge is 0.387 e. The molecule has 1 fully saturated rings. The predicted octanol–water partition coefficient (Wildman–Crippen LogP) is -0.594. The molecule has 0 spiro atoms. The summed E-state index contributed by atoms with van der Waals surface area (Å²) < 4.78 is 22.4. The number of phosphoric acid groups is 1. The van der Waals surface area contributed by atoms with Gasteiger partial charge in [0.25, 0.3) is 5.56 Å². The third-order valence-electron chi connectivity index (χ3n) is 4.88. The second-order valence-electron chi connectivity index (χ2n) is 7.13. The SMILES string of the molecule is Cc1ccc(-c2nc3c(=O)[nH]c(N)nc3n2[C@@H]2O[C@H](COP(=O)(O)O)[C@@H](O)[C@H]2O)cc1. The number of benzene rings is 1. The topological polar surface area (TPSA) is 206 Å². The standard InChI is InChI=1S/C17H20N5O8P/c1-7-2-4-8(5-3-7)13-19-10-14(20-17(18)21-15(10)25)22(13)16-12(24)11(23)9(30-16)6-29-31(26,27)28/h2-5,9,11-12,16,23-24H,6H2,1H3,(H2,26,27,28)(H3,18,20,21,25)/t9-,11-,12-,16-/m1/s1. The zero-order valence-corrected chi connectivity index (χ0v) is 17.0. The van der Waals surface area contributed by atoms with E-state index in [0.717, 1.165) is 5.56 Å². The van der Waals surface area contributed by atoms with Gasteiger partial charge in [-0.25, -0.2) is 9.55 Å². The molecule has 0 aliphatic carbocycles. The summed E-state index contributed by atoms with van der Waals surface area (Å²) in [4.78, 5) is 41.0. The number of imidazole rings is 1. The molecule has 0 saturated carbocycles. The average Bonchev–Trinajstić information content (AvgIpc) is 3.19. The normalized spacial score (nSPS) is 24.2. The number of phosphoric ester groups is 1. The molecule has 1 aliphatic heterocycles. The number of rotatable bonds is 5. The van der Waals surface area contributed by atoms with Gasteiger partial charge in [-0.05, 0) is 6.92 Å². The molecule has 0 bridgehead atoms. The van der Waals surface area contributed by atoms with Crippen LogP contribution in [-0.2, 0) is 13.8 Å². The maximum absolute atomic E-state index is 12.4. The number of hydrogen-bond acceptors (Lipinski definition) is 9. The fourth-order valence-corrected chi connectivity index (χ4v) is 3.74. The van der Waals surface area contributed by atoms with Crippen LogP contribution in [0.1, 0.15) is 11.8 Å². The minimum absolute atomic E-state index is 0.00429. The molecule has 0 unspecified atom stereocenters. The van der Waals surface area contributed by atoms with E-state index in [-0.39, 0.29) is 22.9 Å². The lowest BCUT2D eigenvalue weighted by Gasteiger charge is -2.19. The molecule has 31 heavy (non-hydrogen) atoms. The summed E-state index contributed by atoms with van der Waals surface area (Å²) in [5.74, 6) is 0.0231. The lowest BCUT2D eigenvalue weighted by atomic mass is 10.1. The van der Waals surface area contributed by atoms with Gasteiger partial charge >= 0.3 is 7.82 Å². The lowest BCUT2D eigenvalue weighted by Crippen LogP contribution is -2.33. The van der Waals surface area contributed by atoms with E-state index < -0.39 is 44.5 Å². The van der Waals surface area contributed by atoms with Crippen molar-refractivity contribution in [3.05, 3.63) is 40.2 Å². The minimum atomic E-state index is -4.82. The molecule has 2 aromatic heterocycles. The number of anilines is 1. The van der Waals surface area contributed by atoms with Crippen LogP contribution in [0, 0.1) is 6.92 Å². The molecule has 4 rings (SSSR count). The van der Waals surface area contributed by atoms with Crippen molar-refractivity contribution in [1.29, 1.82) is 0 Å². The zero-order chi connectivity index (χ0) is 22.5. The maximum Gasteiger partial charge on any atom is 0.469 e. The van der Waals surface area contributed by atoms with E-state index in [1.165, 1.54) is 4.57 Å². The Bertz CT molecular complexity index is 1220. The molecule has 13 nitrogen and oxygen atoms in total. The highest BCUT2D eigenvalue weighted by Crippen LogP contribution is 2.40. The van der Waals surface area contributed by atoms with Gasteiger partial charge in [-0.3, -0.25) is 18.9 Å². The first-order valence-corrected chi connectivity index (χ1v) is 10.6. The lowest BCUT2D eigenvalue weighted by molar-refractivity contribution is -0.0496. The van der Waals surface area contributed by atoms with Gasteiger partial charge in [0.05, 0.1) is 6.61 Å². The van der Waals surface area contributed by atoms with Crippen molar-refractivity contribution in [3.63, 3.8) is 0 Å². The first kappa shape index (κ1) is 21.6. The van der Waals surface area contributed by atoms with Crippen molar-refractivity contribution in [2.45, 2.75) is 31.5 Å². The Morgan fingerprint density at radius 2 is 1.90 bits per heavy atom. The number of ether oxygens (including phenoxy) is 1. The largest absolute Gasteiger partial charge is 0.469 e. The van der Waals surface area contributed by atoms with Gasteiger partial charge in [0.15, 0.2) is 17.4 Å². The Balaban J connectivity index is 1.84. The van der Waals surface area contributed by atoms with Gasteiger partial charge in [0.1, 0.15) is 24.1 Å². The molecule has 1 aliphatic rings. The van der Waals surface area contributed by atoms with E-state index in [0.29, 0.717) is 5.56 Å². The number of fused-ring (bicyclic) bond motifs is 1. The fraction of sp³-hybridized carbons (Fsp3) is 0.353. The molecule has 166 valence electrons. The second kappa shape index (κ2) is 7.80. The second-order valence-corrected chi connectivity index (χ2v) is 8.37. The van der Waals surface area contributed by atoms with Crippen molar-refractivity contribution in [2.75, 3.05) is 12.3 Å². The summed E-state index contributed by atoms with van der Waals surface area (Å²) in [6.07, 6.45) is -5.65. The summed E-state index contributed by atoms with van der Waals surface area (Å²) in [6.45, 7) is 1.22. The highest BCUT2D eigenvalue weighted by atomic mass is 31.2. The summed E-state index contributed by atoms with van der Waals surface area (Å²) in [5.41, 5.74) is 6.56. The number of aromatic amines is 1. The van der Waals surface area contributed by atoms with Crippen LogP contribution in [0.2, 0.25) is 0 Å². The third-order valence-corrected chi connectivity index (χ3v) is 5.36. The first-order chi connectivity index (χ1) is 14.5. The molecule has 3 heterocycles. The van der Waals surface area contributed by atoms with Crippen LogP contribution < -0.4 is 11.3 Å². The van der Waals surface area contributed by atoms with Crippen LogP contribution in [0.25, 0.3) is 22.6 Å². The molecule has 3 aromatic rings. The van der Waals surface area contributed by atoms with Crippen LogP contribution in [0.15, 0.2) is 29.1 Å². The number of aryl methyl sites for hydroxylation is 1. The number of hydrogen-bond donors (Lipinski definition) is 6. The number of aromatic nitrogens is 4. The monoisotopic (exact) mass is 453 g/mol. The molecule has 1 aromatic carbocycles. The van der Waals surface area contributed by atoms with Gasteiger partial charge in [-0.15, -0.1) is 0 Å². The van der Waals surface area contributed by atoms with Gasteiger partial charge in [0.2, 0.25) is 5.95 Å². The number of nitrogens with zero attached hydrogens (tertiary/aromatic N) is 3. The van der Waals surface area contributed by atoms with Gasteiger partial charge < -0.3 is 30.5 Å². The van der Waals surface area contributed by atoms with Crippen molar-refractivity contribution in [3.8, 4) is 11.4 Å². The van der Waals surface area contributed by atoms with Crippen molar-refractivity contribution in [1.82, 2.24) is 19.5 Å². The van der Waals surface area contributed by atoms with Crippen molar-refractivity contribution < 1.29 is 33.8 Å². The van der Waals surface area contributed by atoms with E-state index in [9.17, 15) is 19.6 Å². The van der Waals surface area contributed by atoms with E-state index in [4.69, 9.17) is 20.3 Å². The summed E-state index contributed by atoms with van der Waals surface area (Å²) in [5, 5.41) is 21.0. The van der Waals surface area contributed by atoms with Crippen LogP contribution in [-0.4, -0.2) is 64.4 Å². The number of aliphatic hydroxyl groups is 2. The Labute approximate surface area is 174 Å². The van der Waals surface area contributed by atoms with Gasteiger partial charge in [-0.1, -0.05) is 29.8 Å². The quantitative estimate of drug-likeness (QED) is 0.269. The minimum Gasteiger partial charge on any atom is -0.387 e. The van der Waals surface area contributed by atoms with Crippen LogP contribution in [0.4, 0.5) is 5.95 Å². The van der Waals surface area contributed by atoms with Crippen LogP contribution in [0.3, 0.4) is 0 Å². The Morgan fingerprint density at radius 1 is 1.23 bits per heavy atom. The molecule has 0 amide bonds.